The van der Waals surface area contributed by atoms with Crippen molar-refractivity contribution in [2.45, 2.75) is 61.9 Å². The van der Waals surface area contributed by atoms with Crippen molar-refractivity contribution in [3.8, 4) is 5.75 Å². The summed E-state index contributed by atoms with van der Waals surface area (Å²) in [4.78, 5) is 38.1. The Labute approximate surface area is 211 Å². The molecule has 2 aliphatic rings. The smallest absolute Gasteiger partial charge is 0.306 e. The zero-order valence-electron chi connectivity index (χ0n) is 20.5. The predicted molar refractivity (Wildman–Crippen MR) is 129 cm³/mol. The Morgan fingerprint density at radius 1 is 1.14 bits per heavy atom. The lowest BCUT2D eigenvalue weighted by Crippen LogP contribution is -2.66. The van der Waals surface area contributed by atoms with E-state index < -0.39 is 33.5 Å². The molecule has 0 radical (unpaired) electrons. The summed E-state index contributed by atoms with van der Waals surface area (Å²) in [5.41, 5.74) is 0.0841. The van der Waals surface area contributed by atoms with Crippen LogP contribution >= 0.6 is 0 Å². The van der Waals surface area contributed by atoms with Gasteiger partial charge >= 0.3 is 5.97 Å². The number of sulfonamides is 1. The van der Waals surface area contributed by atoms with Gasteiger partial charge in [-0.05, 0) is 49.9 Å². The molecule has 1 aromatic carbocycles. The second kappa shape index (κ2) is 12.1. The number of amides is 1. The number of hydrogen-bond donors (Lipinski definition) is 3. The third-order valence-corrected chi connectivity index (χ3v) is 9.30. The number of aldehydes is 1. The molecule has 1 amide bonds. The van der Waals surface area contributed by atoms with Crippen LogP contribution in [0.3, 0.4) is 0 Å². The van der Waals surface area contributed by atoms with Crippen molar-refractivity contribution in [3.63, 3.8) is 0 Å². The highest BCUT2D eigenvalue weighted by Crippen LogP contribution is 2.37. The summed E-state index contributed by atoms with van der Waals surface area (Å²) in [7, 11) is -2.87. The molecular weight excluding hydrogens is 490 g/mol. The number of likely N-dealkylation sites (tertiary alicyclic amines) is 1. The van der Waals surface area contributed by atoms with Crippen LogP contribution in [0.25, 0.3) is 0 Å². The van der Waals surface area contributed by atoms with Gasteiger partial charge in [0.1, 0.15) is 5.75 Å². The third kappa shape index (κ3) is 5.88. The molecule has 1 aliphatic heterocycles. The fourth-order valence-corrected chi connectivity index (χ4v) is 6.88. The van der Waals surface area contributed by atoms with Gasteiger partial charge in [0.05, 0.1) is 17.9 Å². The van der Waals surface area contributed by atoms with Gasteiger partial charge in [0, 0.05) is 32.0 Å². The van der Waals surface area contributed by atoms with Gasteiger partial charge < -0.3 is 20.0 Å². The van der Waals surface area contributed by atoms with Crippen LogP contribution in [0.15, 0.2) is 29.2 Å². The summed E-state index contributed by atoms with van der Waals surface area (Å²) < 4.78 is 33.7. The molecule has 3 rings (SSSR count). The van der Waals surface area contributed by atoms with Gasteiger partial charge in [0.2, 0.25) is 15.9 Å². The maximum Gasteiger partial charge on any atom is 0.306 e. The minimum atomic E-state index is -4.33. The van der Waals surface area contributed by atoms with Crippen molar-refractivity contribution >= 4 is 28.2 Å². The number of benzene rings is 1. The number of ether oxygens (including phenoxy) is 1. The van der Waals surface area contributed by atoms with Crippen LogP contribution in [0.2, 0.25) is 0 Å². The second-order valence-electron chi connectivity index (χ2n) is 9.39. The van der Waals surface area contributed by atoms with E-state index in [1.807, 2.05) is 5.48 Å². The number of nitrogens with one attached hydrogen (secondary N) is 1. The highest BCUT2D eigenvalue weighted by Gasteiger charge is 2.50. The Balaban J connectivity index is 1.90. The lowest BCUT2D eigenvalue weighted by Gasteiger charge is -2.44. The standard InChI is InChI=1S/C24H35N3O8S/c1-35-20-7-9-21(10-8-20)36(33,34)27(24(17-28,25-32)19-5-3-2-4-6-19)16-13-22(29)26-14-11-18(12-15-26)23(30)31/h7-10,17-19,25,32H,2-6,11-16H2,1H3,(H,30,31). The Bertz CT molecular complexity index is 1020. The lowest BCUT2D eigenvalue weighted by molar-refractivity contribution is -0.146. The van der Waals surface area contributed by atoms with Crippen LogP contribution in [-0.2, 0) is 24.4 Å². The summed E-state index contributed by atoms with van der Waals surface area (Å²) in [6.07, 6.45) is 4.46. The molecule has 1 atom stereocenters. The molecule has 3 N–H and O–H groups in total. The summed E-state index contributed by atoms with van der Waals surface area (Å²) in [6, 6.07) is 5.68. The molecule has 200 valence electrons. The number of hydroxylamine groups is 1. The number of carboxylic acid groups (broad SMARTS) is 1. The van der Waals surface area contributed by atoms with Crippen LogP contribution in [-0.4, -0.2) is 78.5 Å². The van der Waals surface area contributed by atoms with E-state index in [2.05, 4.69) is 0 Å². The molecule has 1 unspecified atom stereocenters. The fraction of sp³-hybridized carbons (Fsp3) is 0.625. The number of carbonyl (C=O) groups is 3. The maximum atomic E-state index is 13.8. The molecule has 11 nitrogen and oxygen atoms in total. The van der Waals surface area contributed by atoms with Gasteiger partial charge in [-0.3, -0.25) is 14.4 Å². The molecule has 12 heteroatoms. The number of carbonyl (C=O) groups excluding carboxylic acids is 2. The molecule has 36 heavy (non-hydrogen) atoms. The van der Waals surface area contributed by atoms with Gasteiger partial charge in [0.15, 0.2) is 11.9 Å². The highest BCUT2D eigenvalue weighted by atomic mass is 32.2. The van der Waals surface area contributed by atoms with E-state index in [1.165, 1.54) is 36.3 Å². The molecular formula is C24H35N3O8S. The molecule has 1 saturated heterocycles. The van der Waals surface area contributed by atoms with E-state index in [9.17, 15) is 33.1 Å². The van der Waals surface area contributed by atoms with Gasteiger partial charge in [-0.2, -0.15) is 9.79 Å². The van der Waals surface area contributed by atoms with E-state index in [-0.39, 0.29) is 36.9 Å². The number of rotatable bonds is 11. The van der Waals surface area contributed by atoms with Gasteiger partial charge in [-0.25, -0.2) is 8.42 Å². The highest BCUT2D eigenvalue weighted by molar-refractivity contribution is 7.89. The molecule has 1 aromatic rings. The molecule has 1 saturated carbocycles. The number of carboxylic acids is 1. The molecule has 1 heterocycles. The fourth-order valence-electron chi connectivity index (χ4n) is 5.18. The van der Waals surface area contributed by atoms with Crippen LogP contribution in [0, 0.1) is 11.8 Å². The minimum Gasteiger partial charge on any atom is -0.497 e. The zero-order chi connectivity index (χ0) is 26.3. The molecule has 0 bridgehead atoms. The van der Waals surface area contributed by atoms with Crippen LogP contribution in [0.4, 0.5) is 0 Å². The Kier molecular flexibility index (Phi) is 9.45. The van der Waals surface area contributed by atoms with Crippen LogP contribution in [0.5, 0.6) is 5.75 Å². The SMILES string of the molecule is COc1ccc(S(=O)(=O)N(CCC(=O)N2CCC(C(=O)O)CC2)C(C=O)(NO)C2CCCCC2)cc1. The van der Waals surface area contributed by atoms with Crippen molar-refractivity contribution < 1.29 is 37.9 Å². The number of hydrogen-bond acceptors (Lipinski definition) is 8. The average molecular weight is 526 g/mol. The Morgan fingerprint density at radius 3 is 2.25 bits per heavy atom. The summed E-state index contributed by atoms with van der Waals surface area (Å²) in [5, 5.41) is 19.4. The first-order chi connectivity index (χ1) is 17.2. The summed E-state index contributed by atoms with van der Waals surface area (Å²) >= 11 is 0. The maximum absolute atomic E-state index is 13.8. The number of aliphatic carboxylic acids is 1. The lowest BCUT2D eigenvalue weighted by atomic mass is 9.80. The number of methoxy groups -OCH3 is 1. The summed E-state index contributed by atoms with van der Waals surface area (Å²) in [5.74, 6) is -1.77. The molecule has 1 aliphatic carbocycles. The van der Waals surface area contributed by atoms with Gasteiger partial charge in [0.25, 0.3) is 0 Å². The Hall–Kier alpha value is -2.54. The second-order valence-corrected chi connectivity index (χ2v) is 11.2. The minimum absolute atomic E-state index is 0.102. The van der Waals surface area contributed by atoms with E-state index >= 15 is 0 Å². The van der Waals surface area contributed by atoms with Crippen molar-refractivity contribution in [1.29, 1.82) is 0 Å². The first-order valence-electron chi connectivity index (χ1n) is 12.2. The third-order valence-electron chi connectivity index (χ3n) is 7.37. The largest absolute Gasteiger partial charge is 0.497 e. The zero-order valence-corrected chi connectivity index (χ0v) is 21.3. The van der Waals surface area contributed by atoms with E-state index in [4.69, 9.17) is 4.74 Å². The van der Waals surface area contributed by atoms with Crippen molar-refractivity contribution in [2.75, 3.05) is 26.7 Å². The predicted octanol–water partition coefficient (Wildman–Crippen LogP) is 1.85. The number of piperidine rings is 1. The average Bonchev–Trinajstić information content (AvgIpc) is 2.91. The molecule has 0 aromatic heterocycles. The van der Waals surface area contributed by atoms with Crippen molar-refractivity contribution in [3.05, 3.63) is 24.3 Å². The van der Waals surface area contributed by atoms with Gasteiger partial charge in [-0.1, -0.05) is 19.3 Å². The quantitative estimate of drug-likeness (QED) is 0.223. The molecule has 0 spiro atoms. The first kappa shape index (κ1) is 28.0. The van der Waals surface area contributed by atoms with Crippen LogP contribution < -0.4 is 10.2 Å². The van der Waals surface area contributed by atoms with Gasteiger partial charge in [-0.15, -0.1) is 0 Å². The van der Waals surface area contributed by atoms with Crippen molar-refractivity contribution in [2.24, 2.45) is 11.8 Å². The van der Waals surface area contributed by atoms with Crippen LogP contribution in [0.1, 0.15) is 51.4 Å². The normalized spacial score (nSPS) is 19.6. The van der Waals surface area contributed by atoms with E-state index in [0.29, 0.717) is 37.7 Å². The Morgan fingerprint density at radius 2 is 1.75 bits per heavy atom. The summed E-state index contributed by atoms with van der Waals surface area (Å²) in [6.45, 7) is 0.191. The monoisotopic (exact) mass is 525 g/mol. The number of nitrogens with zero attached hydrogens (tertiary/aromatic N) is 2. The van der Waals surface area contributed by atoms with E-state index in [1.54, 1.807) is 0 Å². The topological polar surface area (TPSA) is 154 Å². The molecule has 2 fully saturated rings. The van der Waals surface area contributed by atoms with Crippen molar-refractivity contribution in [1.82, 2.24) is 14.7 Å². The first-order valence-corrected chi connectivity index (χ1v) is 13.7. The van der Waals surface area contributed by atoms with E-state index in [0.717, 1.165) is 23.6 Å².